The molecule has 0 aliphatic rings. The quantitative estimate of drug-likeness (QED) is 0.550. The zero-order chi connectivity index (χ0) is 0. The summed E-state index contributed by atoms with van der Waals surface area (Å²) in [5.74, 6) is 0. The van der Waals surface area contributed by atoms with E-state index < -0.39 is 0 Å². The van der Waals surface area contributed by atoms with Gasteiger partial charge in [-0.05, 0) is 0 Å². The molecule has 0 unspecified atom stereocenters. The third kappa shape index (κ3) is 8.85. The van der Waals surface area contributed by atoms with Crippen LogP contribution in [0.25, 0.3) is 0 Å². The Labute approximate surface area is 85.9 Å². The first-order chi connectivity index (χ1) is 0. The maximum absolute atomic E-state index is 0. The second kappa shape index (κ2) is 16.9. The van der Waals surface area contributed by atoms with Crippen LogP contribution in [0, 0.1) is 0 Å². The van der Waals surface area contributed by atoms with E-state index in [4.69, 9.17) is 0 Å². The van der Waals surface area contributed by atoms with E-state index in [2.05, 4.69) is 0 Å². The molecule has 0 aromatic heterocycles. The largest absolute Gasteiger partial charge is 0 e. The van der Waals surface area contributed by atoms with Crippen LogP contribution >= 0.6 is 0 Å². The van der Waals surface area contributed by atoms with E-state index in [1.807, 2.05) is 0 Å². The van der Waals surface area contributed by atoms with Crippen LogP contribution in [0.3, 0.4) is 0 Å². The van der Waals surface area contributed by atoms with Crippen molar-refractivity contribution in [3.63, 3.8) is 0 Å². The number of rotatable bonds is 0. The molecule has 0 fully saturated rings. The van der Waals surface area contributed by atoms with Crippen LogP contribution in [0.5, 0.6) is 0 Å². The molecule has 21 valence electrons. The standard InChI is InChI=1S/Fe.Nb.Ti.Zr. The van der Waals surface area contributed by atoms with E-state index in [1.54, 1.807) is 0 Å². The van der Waals surface area contributed by atoms with Crippen LogP contribution in [-0.4, -0.2) is 0 Å². The normalized spacial score (nSPS) is 0. The van der Waals surface area contributed by atoms with E-state index in [9.17, 15) is 0 Å². The van der Waals surface area contributed by atoms with Crippen molar-refractivity contribution in [3.05, 3.63) is 0 Å². The molecule has 0 bridgehead atoms. The maximum atomic E-state index is 0. The van der Waals surface area contributed by atoms with Crippen LogP contribution in [0.4, 0.5) is 0 Å². The first kappa shape index (κ1) is 28.8. The van der Waals surface area contributed by atoms with Gasteiger partial charge >= 0.3 is 0 Å². The first-order valence-corrected chi connectivity index (χ1v) is 0. The monoisotopic (exact) mass is 287 g/mol. The Hall–Kier alpha value is 2.86. The zero-order valence-corrected chi connectivity index (χ0v) is 9.12. The molecule has 0 aliphatic heterocycles. The van der Waals surface area contributed by atoms with Crippen molar-refractivity contribution in [1.29, 1.82) is 0 Å². The minimum Gasteiger partial charge on any atom is 0 e. The molecule has 0 aliphatic carbocycles. The van der Waals surface area contributed by atoms with Gasteiger partial charge in [0.15, 0.2) is 0 Å². The predicted octanol–water partition coefficient (Wildman–Crippen LogP) is -0.0100. The van der Waals surface area contributed by atoms with E-state index in [0.717, 1.165) is 0 Å². The minimum atomic E-state index is 0. The van der Waals surface area contributed by atoms with Crippen molar-refractivity contribution in [2.45, 2.75) is 0 Å². The Morgan fingerprint density at radius 3 is 1.00 bits per heavy atom. The Kier molecular flexibility index (Phi) is 122. The SMILES string of the molecule is [Fe].[Nb].[Ti].[Zr]. The summed E-state index contributed by atoms with van der Waals surface area (Å²) in [4.78, 5) is 0. The van der Waals surface area contributed by atoms with Crippen LogP contribution in [-0.2, 0) is 87.4 Å². The molecule has 0 saturated heterocycles. The Morgan fingerprint density at radius 2 is 1.00 bits per heavy atom. The van der Waals surface area contributed by atoms with Crippen LogP contribution in [0.2, 0.25) is 0 Å². The fraction of sp³-hybridized carbons (Fsp3) is 0. The van der Waals surface area contributed by atoms with Gasteiger partial charge < -0.3 is 0 Å². The van der Waals surface area contributed by atoms with E-state index in [-0.39, 0.29) is 87.4 Å². The number of hydrogen-bond acceptors (Lipinski definition) is 0. The smallest absolute Gasteiger partial charge is 0 e. The van der Waals surface area contributed by atoms with Gasteiger partial charge in [0.25, 0.3) is 0 Å². The fourth-order valence-electron chi connectivity index (χ4n) is 0. The molecule has 0 nitrogen and oxygen atoms in total. The van der Waals surface area contributed by atoms with Gasteiger partial charge in [0, 0.05) is 87.4 Å². The average molecular weight is 288 g/mol. The van der Waals surface area contributed by atoms with Crippen molar-refractivity contribution >= 4 is 0 Å². The molecule has 0 spiro atoms. The molecular formula is FeNbTiZr. The van der Waals surface area contributed by atoms with Gasteiger partial charge in [-0.2, -0.15) is 0 Å². The third-order valence-electron chi connectivity index (χ3n) is 0. The molecule has 0 heterocycles. The van der Waals surface area contributed by atoms with E-state index in [1.165, 1.54) is 0 Å². The summed E-state index contributed by atoms with van der Waals surface area (Å²) in [6.45, 7) is 0. The number of hydrogen-bond donors (Lipinski definition) is 0. The second-order valence-corrected chi connectivity index (χ2v) is 0. The summed E-state index contributed by atoms with van der Waals surface area (Å²) < 4.78 is 0. The molecular weight excluding hydrogens is 288 g/mol. The molecule has 0 amide bonds. The van der Waals surface area contributed by atoms with Crippen molar-refractivity contribution in [2.24, 2.45) is 0 Å². The molecule has 0 atom stereocenters. The molecule has 0 N–H and O–H groups in total. The van der Waals surface area contributed by atoms with Crippen molar-refractivity contribution in [3.8, 4) is 0 Å². The van der Waals surface area contributed by atoms with Gasteiger partial charge in [0.05, 0.1) is 0 Å². The summed E-state index contributed by atoms with van der Waals surface area (Å²) in [6.07, 6.45) is 0. The minimum absolute atomic E-state index is 0. The zero-order valence-electron chi connectivity index (χ0n) is 1.80. The molecule has 0 rings (SSSR count). The van der Waals surface area contributed by atoms with Crippen LogP contribution < -0.4 is 0 Å². The maximum Gasteiger partial charge on any atom is 0 e. The van der Waals surface area contributed by atoms with E-state index in [0.29, 0.717) is 0 Å². The molecule has 0 aromatic carbocycles. The Bertz CT molecular complexity index is 8.00. The van der Waals surface area contributed by atoms with Gasteiger partial charge in [-0.25, -0.2) is 0 Å². The predicted molar refractivity (Wildman–Crippen MR) is 0 cm³/mol. The van der Waals surface area contributed by atoms with Crippen molar-refractivity contribution in [2.75, 3.05) is 0 Å². The summed E-state index contributed by atoms with van der Waals surface area (Å²) in [5, 5.41) is 0. The summed E-state index contributed by atoms with van der Waals surface area (Å²) in [5.41, 5.74) is 0. The summed E-state index contributed by atoms with van der Waals surface area (Å²) in [7, 11) is 0. The molecule has 1 radical (unpaired) electrons. The molecule has 4 heteroatoms. The van der Waals surface area contributed by atoms with Crippen LogP contribution in [0.15, 0.2) is 0 Å². The Balaban J connectivity index is 0. The van der Waals surface area contributed by atoms with Gasteiger partial charge in [-0.1, -0.05) is 0 Å². The average Bonchev–Trinajstić information content (AvgIpc) is 0. The molecule has 4 heavy (non-hydrogen) atoms. The van der Waals surface area contributed by atoms with Gasteiger partial charge in [0.1, 0.15) is 0 Å². The molecule has 0 aromatic rings. The summed E-state index contributed by atoms with van der Waals surface area (Å²) in [6, 6.07) is 0. The first-order valence-electron chi connectivity index (χ1n) is 0. The molecule has 0 saturated carbocycles. The van der Waals surface area contributed by atoms with Crippen molar-refractivity contribution < 1.29 is 87.4 Å². The van der Waals surface area contributed by atoms with Crippen LogP contribution in [0.1, 0.15) is 0 Å². The third-order valence-corrected chi connectivity index (χ3v) is 0. The van der Waals surface area contributed by atoms with Gasteiger partial charge in [-0.15, -0.1) is 0 Å². The van der Waals surface area contributed by atoms with Crippen molar-refractivity contribution in [1.82, 2.24) is 0 Å². The second-order valence-electron chi connectivity index (χ2n) is 0. The fourth-order valence-corrected chi connectivity index (χ4v) is 0. The topological polar surface area (TPSA) is 0 Å². The van der Waals surface area contributed by atoms with Gasteiger partial charge in [0.2, 0.25) is 0 Å². The Morgan fingerprint density at radius 1 is 1.00 bits per heavy atom. The van der Waals surface area contributed by atoms with E-state index >= 15 is 0 Å². The summed E-state index contributed by atoms with van der Waals surface area (Å²) >= 11 is 0. The van der Waals surface area contributed by atoms with Gasteiger partial charge in [-0.3, -0.25) is 0 Å².